The molecule has 0 aromatic heterocycles. The van der Waals surface area contributed by atoms with Crippen LogP contribution in [0.15, 0.2) is 47.5 Å². The van der Waals surface area contributed by atoms with Gasteiger partial charge in [-0.25, -0.2) is 0 Å². The van der Waals surface area contributed by atoms with Crippen molar-refractivity contribution in [2.75, 3.05) is 5.75 Å². The third-order valence-corrected chi connectivity index (χ3v) is 3.48. The molecule has 0 spiro atoms. The molecule has 1 amide bonds. The van der Waals surface area contributed by atoms with Crippen molar-refractivity contribution in [2.24, 2.45) is 0 Å². The SMILES string of the molecule is CCCS/C=C1\NC(=O)C=C1c1ccccc1. The van der Waals surface area contributed by atoms with Gasteiger partial charge in [-0.2, -0.15) is 0 Å². The molecule has 1 aromatic carbocycles. The summed E-state index contributed by atoms with van der Waals surface area (Å²) in [6, 6.07) is 9.98. The number of hydrogen-bond acceptors (Lipinski definition) is 2. The van der Waals surface area contributed by atoms with Crippen molar-refractivity contribution in [3.8, 4) is 0 Å². The van der Waals surface area contributed by atoms with E-state index < -0.39 is 0 Å². The number of thioether (sulfide) groups is 1. The maximum atomic E-state index is 11.4. The molecular weight excluding hydrogens is 230 g/mol. The molecule has 0 radical (unpaired) electrons. The molecule has 0 saturated carbocycles. The molecule has 0 aliphatic carbocycles. The first kappa shape index (κ1) is 12.0. The average molecular weight is 245 g/mol. The molecule has 1 heterocycles. The van der Waals surface area contributed by atoms with Gasteiger partial charge < -0.3 is 5.32 Å². The average Bonchev–Trinajstić information content (AvgIpc) is 2.72. The Bertz CT molecular complexity index is 462. The van der Waals surface area contributed by atoms with Crippen LogP contribution in [-0.2, 0) is 4.79 Å². The van der Waals surface area contributed by atoms with Crippen molar-refractivity contribution in [3.63, 3.8) is 0 Å². The van der Waals surface area contributed by atoms with Crippen LogP contribution < -0.4 is 5.32 Å². The molecule has 0 saturated heterocycles. The highest BCUT2D eigenvalue weighted by molar-refractivity contribution is 8.02. The van der Waals surface area contributed by atoms with E-state index in [-0.39, 0.29) is 5.91 Å². The van der Waals surface area contributed by atoms with Crippen LogP contribution in [0.4, 0.5) is 0 Å². The maximum Gasteiger partial charge on any atom is 0.249 e. The minimum absolute atomic E-state index is 0.0350. The zero-order valence-corrected chi connectivity index (χ0v) is 10.6. The molecule has 1 aliphatic heterocycles. The molecule has 2 rings (SSSR count). The molecule has 17 heavy (non-hydrogen) atoms. The van der Waals surface area contributed by atoms with Crippen LogP contribution in [0.2, 0.25) is 0 Å². The summed E-state index contributed by atoms with van der Waals surface area (Å²) in [5, 5.41) is 4.91. The Balaban J connectivity index is 2.22. The first-order valence-corrected chi connectivity index (χ1v) is 6.76. The van der Waals surface area contributed by atoms with E-state index in [0.29, 0.717) is 0 Å². The number of allylic oxidation sites excluding steroid dienone is 1. The normalized spacial score (nSPS) is 17.1. The third-order valence-electron chi connectivity index (χ3n) is 2.43. The maximum absolute atomic E-state index is 11.4. The summed E-state index contributed by atoms with van der Waals surface area (Å²) in [4.78, 5) is 11.4. The van der Waals surface area contributed by atoms with Gasteiger partial charge in [0.15, 0.2) is 0 Å². The van der Waals surface area contributed by atoms with E-state index in [1.807, 2.05) is 35.7 Å². The Morgan fingerprint density at radius 2 is 2.06 bits per heavy atom. The lowest BCUT2D eigenvalue weighted by Gasteiger charge is -2.05. The van der Waals surface area contributed by atoms with E-state index in [1.165, 1.54) is 0 Å². The molecule has 3 heteroatoms. The second-order valence-electron chi connectivity index (χ2n) is 3.82. The lowest BCUT2D eigenvalue weighted by Crippen LogP contribution is -2.13. The summed E-state index contributed by atoms with van der Waals surface area (Å²) >= 11 is 1.73. The van der Waals surface area contributed by atoms with Gasteiger partial charge in [0.25, 0.3) is 0 Å². The third kappa shape index (κ3) is 3.01. The summed E-state index contributed by atoms with van der Waals surface area (Å²) in [6.45, 7) is 2.15. The van der Waals surface area contributed by atoms with Crippen LogP contribution in [0.3, 0.4) is 0 Å². The van der Waals surface area contributed by atoms with Gasteiger partial charge in [-0.1, -0.05) is 37.3 Å². The Labute approximate surface area is 106 Å². The lowest BCUT2D eigenvalue weighted by atomic mass is 10.1. The smallest absolute Gasteiger partial charge is 0.249 e. The number of benzene rings is 1. The largest absolute Gasteiger partial charge is 0.321 e. The summed E-state index contributed by atoms with van der Waals surface area (Å²) in [5.74, 6) is 1.04. The second-order valence-corrected chi connectivity index (χ2v) is 4.79. The Morgan fingerprint density at radius 3 is 2.76 bits per heavy atom. The molecule has 2 nitrogen and oxygen atoms in total. The van der Waals surface area contributed by atoms with Crippen molar-refractivity contribution in [1.29, 1.82) is 0 Å². The number of carbonyl (C=O) groups is 1. The van der Waals surface area contributed by atoms with Crippen molar-refractivity contribution < 1.29 is 4.79 Å². The molecule has 0 fully saturated rings. The second kappa shape index (κ2) is 5.73. The minimum Gasteiger partial charge on any atom is -0.321 e. The molecule has 0 unspecified atom stereocenters. The Hall–Kier alpha value is -1.48. The van der Waals surface area contributed by atoms with Gasteiger partial charge in [-0.05, 0) is 23.1 Å². The van der Waals surface area contributed by atoms with Crippen LogP contribution in [0.25, 0.3) is 5.57 Å². The van der Waals surface area contributed by atoms with Gasteiger partial charge in [-0.15, -0.1) is 11.8 Å². The highest BCUT2D eigenvalue weighted by atomic mass is 32.2. The standard InChI is InChI=1S/C14H15NOS/c1-2-8-17-10-13-12(9-14(16)15-13)11-6-4-3-5-7-11/h3-7,9-10H,2,8H2,1H3,(H,15,16)/b13-10-. The van der Waals surface area contributed by atoms with E-state index in [1.54, 1.807) is 17.8 Å². The summed E-state index contributed by atoms with van der Waals surface area (Å²) in [7, 11) is 0. The zero-order chi connectivity index (χ0) is 12.1. The number of hydrogen-bond donors (Lipinski definition) is 1. The highest BCUT2D eigenvalue weighted by Crippen LogP contribution is 2.27. The van der Waals surface area contributed by atoms with Gasteiger partial charge >= 0.3 is 0 Å². The van der Waals surface area contributed by atoms with Crippen molar-refractivity contribution in [3.05, 3.63) is 53.1 Å². The predicted molar refractivity (Wildman–Crippen MR) is 73.4 cm³/mol. The van der Waals surface area contributed by atoms with Gasteiger partial charge in [0.1, 0.15) is 0 Å². The summed E-state index contributed by atoms with van der Waals surface area (Å²) in [6.07, 6.45) is 2.79. The van der Waals surface area contributed by atoms with Gasteiger partial charge in [0.2, 0.25) is 5.91 Å². The van der Waals surface area contributed by atoms with Crippen LogP contribution in [-0.4, -0.2) is 11.7 Å². The Kier molecular flexibility index (Phi) is 4.04. The fourth-order valence-electron chi connectivity index (χ4n) is 1.65. The van der Waals surface area contributed by atoms with E-state index in [2.05, 4.69) is 12.2 Å². The fourth-order valence-corrected chi connectivity index (χ4v) is 2.36. The van der Waals surface area contributed by atoms with Crippen molar-refractivity contribution in [1.82, 2.24) is 5.32 Å². The lowest BCUT2D eigenvalue weighted by molar-refractivity contribution is -0.115. The monoisotopic (exact) mass is 245 g/mol. The van der Waals surface area contributed by atoms with E-state index in [9.17, 15) is 4.79 Å². The number of nitrogens with one attached hydrogen (secondary N) is 1. The van der Waals surface area contributed by atoms with Crippen LogP contribution in [0.5, 0.6) is 0 Å². The van der Waals surface area contributed by atoms with Crippen molar-refractivity contribution in [2.45, 2.75) is 13.3 Å². The highest BCUT2D eigenvalue weighted by Gasteiger charge is 2.18. The van der Waals surface area contributed by atoms with Crippen LogP contribution in [0.1, 0.15) is 18.9 Å². The fraction of sp³-hybridized carbons (Fsp3) is 0.214. The minimum atomic E-state index is -0.0350. The Morgan fingerprint density at radius 1 is 1.29 bits per heavy atom. The van der Waals surface area contributed by atoms with E-state index >= 15 is 0 Å². The molecule has 88 valence electrons. The van der Waals surface area contributed by atoms with Gasteiger partial charge in [-0.3, -0.25) is 4.79 Å². The van der Waals surface area contributed by atoms with Crippen molar-refractivity contribution >= 4 is 23.2 Å². The first-order valence-electron chi connectivity index (χ1n) is 5.71. The van der Waals surface area contributed by atoms with E-state index in [4.69, 9.17) is 0 Å². The summed E-state index contributed by atoms with van der Waals surface area (Å²) < 4.78 is 0. The zero-order valence-electron chi connectivity index (χ0n) is 9.77. The predicted octanol–water partition coefficient (Wildman–Crippen LogP) is 3.18. The first-order chi connectivity index (χ1) is 8.31. The molecule has 1 aliphatic rings. The molecule has 1 N–H and O–H groups in total. The topological polar surface area (TPSA) is 29.1 Å². The van der Waals surface area contributed by atoms with E-state index in [0.717, 1.165) is 29.0 Å². The number of rotatable bonds is 4. The number of amides is 1. The molecular formula is C14H15NOS. The molecule has 0 atom stereocenters. The molecule has 1 aromatic rings. The van der Waals surface area contributed by atoms with Crippen LogP contribution in [0, 0.1) is 0 Å². The summed E-state index contributed by atoms with van der Waals surface area (Å²) in [5.41, 5.74) is 2.98. The quantitative estimate of drug-likeness (QED) is 0.825. The molecule has 0 bridgehead atoms. The number of carbonyl (C=O) groups excluding carboxylic acids is 1. The van der Waals surface area contributed by atoms with Gasteiger partial charge in [0, 0.05) is 11.6 Å². The van der Waals surface area contributed by atoms with Crippen LogP contribution >= 0.6 is 11.8 Å². The van der Waals surface area contributed by atoms with Gasteiger partial charge in [0.05, 0.1) is 5.70 Å².